The summed E-state index contributed by atoms with van der Waals surface area (Å²) in [4.78, 5) is 12.9. The van der Waals surface area contributed by atoms with Crippen LogP contribution >= 0.6 is 11.8 Å². The van der Waals surface area contributed by atoms with Crippen molar-refractivity contribution in [3.63, 3.8) is 0 Å². The van der Waals surface area contributed by atoms with Gasteiger partial charge in [0.15, 0.2) is 0 Å². The van der Waals surface area contributed by atoms with E-state index >= 15 is 0 Å². The number of hydrogen-bond acceptors (Lipinski definition) is 4. The molecule has 110 valence electrons. The molecule has 2 rings (SSSR count). The number of methoxy groups -OCH3 is 1. The van der Waals surface area contributed by atoms with Crippen molar-refractivity contribution < 1.29 is 14.6 Å². The van der Waals surface area contributed by atoms with E-state index in [2.05, 4.69) is 23.5 Å². The minimum absolute atomic E-state index is 0.0772. The highest BCUT2D eigenvalue weighted by molar-refractivity contribution is 8.00. The number of amides is 1. The summed E-state index contributed by atoms with van der Waals surface area (Å²) < 4.78 is 4.93. The first-order valence-electron chi connectivity index (χ1n) is 6.86. The Labute approximate surface area is 123 Å². The van der Waals surface area contributed by atoms with Gasteiger partial charge in [-0.15, -0.1) is 11.8 Å². The number of carbonyl (C=O) groups excluding carboxylic acids is 1. The smallest absolute Gasteiger partial charge is 0.230 e. The lowest BCUT2D eigenvalue weighted by Crippen LogP contribution is -2.41. The minimum atomic E-state index is -0.326. The molecule has 0 aliphatic heterocycles. The number of aliphatic hydroxyl groups is 1. The second-order valence-electron chi connectivity index (χ2n) is 4.98. The second kappa shape index (κ2) is 7.67. The maximum Gasteiger partial charge on any atom is 0.230 e. The molecule has 1 unspecified atom stereocenters. The molecule has 0 saturated heterocycles. The van der Waals surface area contributed by atoms with Gasteiger partial charge in [-0.1, -0.05) is 6.07 Å². The quantitative estimate of drug-likeness (QED) is 0.746. The van der Waals surface area contributed by atoms with E-state index in [9.17, 15) is 4.79 Å². The molecule has 1 aromatic rings. The molecule has 0 bridgehead atoms. The molecule has 0 spiro atoms. The van der Waals surface area contributed by atoms with Crippen LogP contribution in [0.5, 0.6) is 0 Å². The third kappa shape index (κ3) is 4.23. The molecule has 1 aliphatic carbocycles. The molecule has 4 nitrogen and oxygen atoms in total. The number of carbonyl (C=O) groups is 1. The fourth-order valence-electron chi connectivity index (χ4n) is 2.40. The van der Waals surface area contributed by atoms with Gasteiger partial charge in [0.2, 0.25) is 5.91 Å². The third-order valence-corrected chi connectivity index (χ3v) is 4.39. The van der Waals surface area contributed by atoms with E-state index in [-0.39, 0.29) is 18.6 Å². The van der Waals surface area contributed by atoms with Gasteiger partial charge in [0.1, 0.15) is 0 Å². The SMILES string of the molecule is COCC(CO)NC(=O)CSc1ccc2c(c1)CCC2. The van der Waals surface area contributed by atoms with Crippen LogP contribution in [-0.4, -0.2) is 43.1 Å². The predicted molar refractivity (Wildman–Crippen MR) is 80.1 cm³/mol. The van der Waals surface area contributed by atoms with E-state index in [1.807, 2.05) is 0 Å². The predicted octanol–water partition coefficient (Wildman–Crippen LogP) is 1.39. The van der Waals surface area contributed by atoms with Crippen molar-refractivity contribution in [2.24, 2.45) is 0 Å². The first-order chi connectivity index (χ1) is 9.72. The number of nitrogens with one attached hydrogen (secondary N) is 1. The zero-order chi connectivity index (χ0) is 14.4. The van der Waals surface area contributed by atoms with Gasteiger partial charge in [-0.25, -0.2) is 0 Å². The summed E-state index contributed by atoms with van der Waals surface area (Å²) in [5.41, 5.74) is 2.86. The summed E-state index contributed by atoms with van der Waals surface area (Å²) in [6.07, 6.45) is 3.56. The number of aryl methyl sites for hydroxylation is 2. The van der Waals surface area contributed by atoms with E-state index in [1.165, 1.54) is 35.7 Å². The lowest BCUT2D eigenvalue weighted by atomic mass is 10.1. The zero-order valence-electron chi connectivity index (χ0n) is 11.7. The molecule has 20 heavy (non-hydrogen) atoms. The molecule has 0 saturated carbocycles. The summed E-state index contributed by atoms with van der Waals surface area (Å²) in [6, 6.07) is 6.12. The molecule has 0 aromatic heterocycles. The van der Waals surface area contributed by atoms with Gasteiger partial charge in [-0.2, -0.15) is 0 Å². The monoisotopic (exact) mass is 295 g/mol. The second-order valence-corrected chi connectivity index (χ2v) is 6.02. The van der Waals surface area contributed by atoms with Crippen LogP contribution in [0.2, 0.25) is 0 Å². The van der Waals surface area contributed by atoms with Crippen molar-refractivity contribution in [1.29, 1.82) is 0 Å². The third-order valence-electron chi connectivity index (χ3n) is 3.39. The van der Waals surface area contributed by atoms with Crippen molar-refractivity contribution in [2.45, 2.75) is 30.2 Å². The Hall–Kier alpha value is -1.04. The highest BCUT2D eigenvalue weighted by Gasteiger charge is 2.13. The van der Waals surface area contributed by atoms with Crippen LogP contribution in [0.25, 0.3) is 0 Å². The van der Waals surface area contributed by atoms with Crippen LogP contribution < -0.4 is 5.32 Å². The van der Waals surface area contributed by atoms with Crippen LogP contribution in [0.1, 0.15) is 17.5 Å². The van der Waals surface area contributed by atoms with Crippen LogP contribution in [0.15, 0.2) is 23.1 Å². The van der Waals surface area contributed by atoms with Crippen molar-refractivity contribution in [1.82, 2.24) is 5.32 Å². The Morgan fingerprint density at radius 3 is 3.00 bits per heavy atom. The molecule has 1 amide bonds. The number of fused-ring (bicyclic) bond motifs is 1. The molecule has 5 heteroatoms. The normalized spacial score (nSPS) is 14.9. The first kappa shape index (κ1) is 15.4. The molecule has 0 heterocycles. The fraction of sp³-hybridized carbons (Fsp3) is 0.533. The van der Waals surface area contributed by atoms with Crippen molar-refractivity contribution in [3.8, 4) is 0 Å². The Balaban J connectivity index is 1.81. The maximum atomic E-state index is 11.8. The van der Waals surface area contributed by atoms with Crippen molar-refractivity contribution in [2.75, 3.05) is 26.1 Å². The Morgan fingerprint density at radius 1 is 1.45 bits per heavy atom. The molecular formula is C15H21NO3S. The van der Waals surface area contributed by atoms with Crippen LogP contribution in [-0.2, 0) is 22.4 Å². The standard InChI is InChI=1S/C15H21NO3S/c1-19-9-13(8-17)16-15(18)10-20-14-6-5-11-3-2-4-12(11)7-14/h5-7,13,17H,2-4,8-10H2,1H3,(H,16,18). The number of benzene rings is 1. The Morgan fingerprint density at radius 2 is 2.25 bits per heavy atom. The summed E-state index contributed by atoms with van der Waals surface area (Å²) >= 11 is 1.53. The largest absolute Gasteiger partial charge is 0.394 e. The van der Waals surface area contributed by atoms with Gasteiger partial charge in [-0.05, 0) is 42.5 Å². The van der Waals surface area contributed by atoms with Gasteiger partial charge in [-0.3, -0.25) is 4.79 Å². The van der Waals surface area contributed by atoms with E-state index in [0.29, 0.717) is 12.4 Å². The van der Waals surface area contributed by atoms with Gasteiger partial charge in [0, 0.05) is 12.0 Å². The topological polar surface area (TPSA) is 58.6 Å². The average Bonchev–Trinajstić information content (AvgIpc) is 2.92. The minimum Gasteiger partial charge on any atom is -0.394 e. The number of ether oxygens (including phenoxy) is 1. The van der Waals surface area contributed by atoms with E-state index in [0.717, 1.165) is 11.3 Å². The molecule has 0 fully saturated rings. The molecule has 1 atom stereocenters. The molecule has 1 aromatic carbocycles. The van der Waals surface area contributed by atoms with E-state index in [1.54, 1.807) is 7.11 Å². The van der Waals surface area contributed by atoms with Crippen molar-refractivity contribution in [3.05, 3.63) is 29.3 Å². The van der Waals surface area contributed by atoms with Crippen LogP contribution in [0, 0.1) is 0 Å². The van der Waals surface area contributed by atoms with E-state index < -0.39 is 0 Å². The molecule has 0 radical (unpaired) electrons. The molecular weight excluding hydrogens is 274 g/mol. The Bertz CT molecular complexity index is 464. The first-order valence-corrected chi connectivity index (χ1v) is 7.85. The van der Waals surface area contributed by atoms with Gasteiger partial charge in [0.05, 0.1) is 25.0 Å². The van der Waals surface area contributed by atoms with E-state index in [4.69, 9.17) is 9.84 Å². The summed E-state index contributed by atoms with van der Waals surface area (Å²) in [7, 11) is 1.55. The lowest BCUT2D eigenvalue weighted by molar-refractivity contribution is -0.120. The Kier molecular flexibility index (Phi) is 5.88. The average molecular weight is 295 g/mol. The number of thioether (sulfide) groups is 1. The highest BCUT2D eigenvalue weighted by Crippen LogP contribution is 2.27. The lowest BCUT2D eigenvalue weighted by Gasteiger charge is -2.15. The summed E-state index contributed by atoms with van der Waals surface area (Å²) in [5.74, 6) is 0.283. The number of aliphatic hydroxyl groups excluding tert-OH is 1. The van der Waals surface area contributed by atoms with Gasteiger partial charge >= 0.3 is 0 Å². The van der Waals surface area contributed by atoms with Crippen LogP contribution in [0.4, 0.5) is 0 Å². The number of hydrogen-bond donors (Lipinski definition) is 2. The summed E-state index contributed by atoms with van der Waals surface area (Å²) in [6.45, 7) is 0.217. The van der Waals surface area contributed by atoms with Crippen LogP contribution in [0.3, 0.4) is 0 Å². The molecule has 1 aliphatic rings. The van der Waals surface area contributed by atoms with Gasteiger partial charge in [0.25, 0.3) is 0 Å². The summed E-state index contributed by atoms with van der Waals surface area (Å²) in [5, 5.41) is 11.9. The molecule has 2 N–H and O–H groups in total. The van der Waals surface area contributed by atoms with Gasteiger partial charge < -0.3 is 15.2 Å². The fourth-order valence-corrected chi connectivity index (χ4v) is 3.17. The van der Waals surface area contributed by atoms with Crippen molar-refractivity contribution >= 4 is 17.7 Å². The zero-order valence-corrected chi connectivity index (χ0v) is 12.5. The maximum absolute atomic E-state index is 11.8. The highest BCUT2D eigenvalue weighted by atomic mass is 32.2. The number of rotatable bonds is 7.